The minimum atomic E-state index is -0.392. The van der Waals surface area contributed by atoms with Crippen LogP contribution in [0, 0.1) is 5.82 Å². The molecule has 0 atom stereocenters. The Balaban J connectivity index is 1.55. The van der Waals surface area contributed by atoms with E-state index in [-0.39, 0.29) is 11.8 Å². The summed E-state index contributed by atoms with van der Waals surface area (Å²) in [6.45, 7) is 4.79. The van der Waals surface area contributed by atoms with E-state index in [9.17, 15) is 14.0 Å². The van der Waals surface area contributed by atoms with Crippen LogP contribution in [-0.4, -0.2) is 29.3 Å². The van der Waals surface area contributed by atoms with Gasteiger partial charge in [-0.1, -0.05) is 36.1 Å². The summed E-state index contributed by atoms with van der Waals surface area (Å²) in [5.74, 6) is 0.176. The Kier molecular flexibility index (Phi) is 8.02. The van der Waals surface area contributed by atoms with Gasteiger partial charge in [0.2, 0.25) is 0 Å². The van der Waals surface area contributed by atoms with E-state index in [0.717, 1.165) is 5.56 Å². The summed E-state index contributed by atoms with van der Waals surface area (Å²) < 4.78 is 24.8. The fourth-order valence-corrected chi connectivity index (χ4v) is 4.82. The lowest BCUT2D eigenvalue weighted by molar-refractivity contribution is -0.113. The molecule has 1 heterocycles. The van der Waals surface area contributed by atoms with Crippen molar-refractivity contribution < 1.29 is 23.5 Å². The highest BCUT2D eigenvalue weighted by Gasteiger charge is 2.33. The van der Waals surface area contributed by atoms with Crippen LogP contribution in [-0.2, 0) is 4.79 Å². The normalized spacial score (nSPS) is 14.3. The number of nitrogens with zero attached hydrogens (tertiary/aromatic N) is 1. The smallest absolute Gasteiger partial charge is 0.270 e. The zero-order chi connectivity index (χ0) is 25.7. The van der Waals surface area contributed by atoms with E-state index in [2.05, 4.69) is 5.32 Å². The highest BCUT2D eigenvalue weighted by Crippen LogP contribution is 2.37. The summed E-state index contributed by atoms with van der Waals surface area (Å²) in [6.07, 6.45) is 1.75. The zero-order valence-electron chi connectivity index (χ0n) is 19.6. The number of thioether (sulfide) groups is 1. The number of thiocarbonyl (C=S) groups is 1. The molecule has 0 unspecified atom stereocenters. The molecule has 0 aromatic heterocycles. The third-order valence-corrected chi connectivity index (χ3v) is 6.43. The highest BCUT2D eigenvalue weighted by atomic mass is 32.2. The van der Waals surface area contributed by atoms with E-state index in [1.54, 1.807) is 30.3 Å². The summed E-state index contributed by atoms with van der Waals surface area (Å²) in [7, 11) is 0. The number of amides is 2. The van der Waals surface area contributed by atoms with Crippen molar-refractivity contribution in [2.45, 2.75) is 13.8 Å². The number of hydrogen-bond acceptors (Lipinski definition) is 6. The van der Waals surface area contributed by atoms with Crippen molar-refractivity contribution in [3.63, 3.8) is 0 Å². The Labute approximate surface area is 218 Å². The topological polar surface area (TPSA) is 67.9 Å². The van der Waals surface area contributed by atoms with E-state index in [1.807, 2.05) is 32.0 Å². The first kappa shape index (κ1) is 25.4. The first-order chi connectivity index (χ1) is 17.4. The second kappa shape index (κ2) is 11.4. The molecule has 1 aliphatic heterocycles. The lowest BCUT2D eigenvalue weighted by atomic mass is 10.1. The molecule has 0 saturated carbocycles. The van der Waals surface area contributed by atoms with Gasteiger partial charge in [0.25, 0.3) is 11.8 Å². The van der Waals surface area contributed by atoms with Gasteiger partial charge in [0.15, 0.2) is 15.8 Å². The van der Waals surface area contributed by atoms with Crippen LogP contribution in [0.3, 0.4) is 0 Å². The van der Waals surface area contributed by atoms with Gasteiger partial charge in [-0.3, -0.25) is 14.5 Å². The van der Waals surface area contributed by atoms with E-state index in [1.165, 1.54) is 40.9 Å². The molecule has 3 aromatic carbocycles. The van der Waals surface area contributed by atoms with Gasteiger partial charge in [0.1, 0.15) is 5.82 Å². The number of nitrogens with one attached hydrogen (secondary N) is 1. The summed E-state index contributed by atoms with van der Waals surface area (Å²) in [4.78, 5) is 27.8. The standard InChI is InChI=1S/C27H23FN2O4S2/c1-3-33-22-13-8-17(14-23(22)34-4-2)15-24-26(32)30(27(35)36-24)21-7-5-6-18(16-21)25(31)29-20-11-9-19(28)10-12-20/h5-16H,3-4H2,1-2H3,(H,29,31)/b24-15+. The largest absolute Gasteiger partial charge is 0.490 e. The second-order valence-electron chi connectivity index (χ2n) is 7.60. The van der Waals surface area contributed by atoms with Gasteiger partial charge in [0, 0.05) is 11.3 Å². The molecule has 6 nitrogen and oxygen atoms in total. The van der Waals surface area contributed by atoms with Gasteiger partial charge in [-0.15, -0.1) is 0 Å². The van der Waals surface area contributed by atoms with Gasteiger partial charge >= 0.3 is 0 Å². The van der Waals surface area contributed by atoms with Crippen LogP contribution in [0.1, 0.15) is 29.8 Å². The Morgan fingerprint density at radius 2 is 1.75 bits per heavy atom. The maximum atomic E-state index is 13.3. The molecule has 0 aliphatic carbocycles. The van der Waals surface area contributed by atoms with Crippen molar-refractivity contribution in [1.29, 1.82) is 0 Å². The number of anilines is 2. The van der Waals surface area contributed by atoms with Crippen molar-refractivity contribution >= 4 is 57.6 Å². The third kappa shape index (κ3) is 5.75. The predicted octanol–water partition coefficient (Wildman–Crippen LogP) is 6.28. The van der Waals surface area contributed by atoms with Gasteiger partial charge in [-0.25, -0.2) is 4.39 Å². The third-order valence-electron chi connectivity index (χ3n) is 5.13. The summed E-state index contributed by atoms with van der Waals surface area (Å²) >= 11 is 6.67. The van der Waals surface area contributed by atoms with E-state index in [4.69, 9.17) is 21.7 Å². The fourth-order valence-electron chi connectivity index (χ4n) is 3.52. The van der Waals surface area contributed by atoms with E-state index >= 15 is 0 Å². The molecule has 3 aromatic rings. The molecule has 4 rings (SSSR count). The van der Waals surface area contributed by atoms with Crippen LogP contribution in [0.2, 0.25) is 0 Å². The van der Waals surface area contributed by atoms with Crippen molar-refractivity contribution in [2.75, 3.05) is 23.4 Å². The molecule has 0 spiro atoms. The van der Waals surface area contributed by atoms with Crippen molar-refractivity contribution in [3.8, 4) is 11.5 Å². The molecule has 0 bridgehead atoms. The van der Waals surface area contributed by atoms with Crippen LogP contribution >= 0.6 is 24.0 Å². The Bertz CT molecular complexity index is 1340. The molecule has 36 heavy (non-hydrogen) atoms. The van der Waals surface area contributed by atoms with Crippen molar-refractivity contribution in [3.05, 3.63) is 88.6 Å². The minimum Gasteiger partial charge on any atom is -0.490 e. The fraction of sp³-hybridized carbons (Fsp3) is 0.148. The molecular formula is C27H23FN2O4S2. The average Bonchev–Trinajstić information content (AvgIpc) is 3.15. The lowest BCUT2D eigenvalue weighted by Gasteiger charge is -2.15. The molecule has 1 fully saturated rings. The first-order valence-electron chi connectivity index (χ1n) is 11.2. The average molecular weight is 523 g/mol. The molecule has 1 N–H and O–H groups in total. The number of halogens is 1. The summed E-state index contributed by atoms with van der Waals surface area (Å²) in [5.41, 5.74) is 2.05. The molecule has 184 valence electrons. The number of hydrogen-bond donors (Lipinski definition) is 1. The van der Waals surface area contributed by atoms with Crippen LogP contribution in [0.4, 0.5) is 15.8 Å². The van der Waals surface area contributed by atoms with Crippen LogP contribution in [0.25, 0.3) is 6.08 Å². The number of carbonyl (C=O) groups excluding carboxylic acids is 2. The highest BCUT2D eigenvalue weighted by molar-refractivity contribution is 8.27. The van der Waals surface area contributed by atoms with Crippen molar-refractivity contribution in [1.82, 2.24) is 0 Å². The lowest BCUT2D eigenvalue weighted by Crippen LogP contribution is -2.27. The number of rotatable bonds is 8. The zero-order valence-corrected chi connectivity index (χ0v) is 21.3. The summed E-state index contributed by atoms with van der Waals surface area (Å²) in [6, 6.07) is 17.6. The van der Waals surface area contributed by atoms with E-state index < -0.39 is 5.82 Å². The Hall–Kier alpha value is -3.69. The second-order valence-corrected chi connectivity index (χ2v) is 9.28. The Morgan fingerprint density at radius 1 is 1.03 bits per heavy atom. The van der Waals surface area contributed by atoms with Crippen LogP contribution in [0.15, 0.2) is 71.6 Å². The number of benzene rings is 3. The maximum Gasteiger partial charge on any atom is 0.270 e. The molecule has 1 saturated heterocycles. The molecule has 0 radical (unpaired) electrons. The first-order valence-corrected chi connectivity index (χ1v) is 12.5. The van der Waals surface area contributed by atoms with Gasteiger partial charge < -0.3 is 14.8 Å². The predicted molar refractivity (Wildman–Crippen MR) is 145 cm³/mol. The van der Waals surface area contributed by atoms with Gasteiger partial charge in [-0.05, 0) is 80.1 Å². The summed E-state index contributed by atoms with van der Waals surface area (Å²) in [5, 5.41) is 2.72. The van der Waals surface area contributed by atoms with Crippen molar-refractivity contribution in [2.24, 2.45) is 0 Å². The van der Waals surface area contributed by atoms with Gasteiger partial charge in [-0.2, -0.15) is 0 Å². The number of carbonyl (C=O) groups is 2. The minimum absolute atomic E-state index is 0.284. The van der Waals surface area contributed by atoms with Crippen LogP contribution in [0.5, 0.6) is 11.5 Å². The molecule has 2 amide bonds. The Morgan fingerprint density at radius 3 is 2.47 bits per heavy atom. The van der Waals surface area contributed by atoms with Gasteiger partial charge in [0.05, 0.1) is 23.8 Å². The molecule has 9 heteroatoms. The monoisotopic (exact) mass is 522 g/mol. The number of ether oxygens (including phenoxy) is 2. The van der Waals surface area contributed by atoms with E-state index in [0.29, 0.717) is 50.9 Å². The quantitative estimate of drug-likeness (QED) is 0.277. The molecular weight excluding hydrogens is 499 g/mol. The maximum absolute atomic E-state index is 13.3. The SMILES string of the molecule is CCOc1ccc(/C=C2/SC(=S)N(c3cccc(C(=O)Nc4ccc(F)cc4)c3)C2=O)cc1OCC. The molecule has 1 aliphatic rings. The van der Waals surface area contributed by atoms with Crippen LogP contribution < -0.4 is 19.7 Å².